The molecule has 1 aromatic rings. The van der Waals surface area contributed by atoms with Gasteiger partial charge in [0.05, 0.1) is 37.5 Å². The molecule has 7 heteroatoms. The number of amides is 1. The van der Waals surface area contributed by atoms with E-state index >= 15 is 0 Å². The highest BCUT2D eigenvalue weighted by atomic mass is 16.5. The summed E-state index contributed by atoms with van der Waals surface area (Å²) < 4.78 is 10.0. The Morgan fingerprint density at radius 1 is 1.52 bits per heavy atom. The van der Waals surface area contributed by atoms with Gasteiger partial charge in [-0.25, -0.2) is 0 Å². The number of anilines is 1. The highest BCUT2D eigenvalue weighted by molar-refractivity contribution is 5.98. The lowest BCUT2D eigenvalue weighted by atomic mass is 10.1. The third kappa shape index (κ3) is 3.43. The molecule has 1 aromatic carbocycles. The molecule has 21 heavy (non-hydrogen) atoms. The van der Waals surface area contributed by atoms with Crippen molar-refractivity contribution in [2.45, 2.75) is 12.5 Å². The number of rotatable bonds is 3. The van der Waals surface area contributed by atoms with Crippen LogP contribution in [0.1, 0.15) is 16.8 Å². The van der Waals surface area contributed by atoms with E-state index in [-0.39, 0.29) is 41.8 Å². The van der Waals surface area contributed by atoms with Crippen molar-refractivity contribution in [2.24, 2.45) is 0 Å². The second kappa shape index (κ2) is 6.45. The molecule has 3 N–H and O–H groups in total. The van der Waals surface area contributed by atoms with E-state index in [2.05, 4.69) is 4.74 Å². The third-order valence-corrected chi connectivity index (χ3v) is 3.35. The summed E-state index contributed by atoms with van der Waals surface area (Å²) >= 11 is 0. The average Bonchev–Trinajstić information content (AvgIpc) is 2.49. The van der Waals surface area contributed by atoms with Gasteiger partial charge in [0.2, 0.25) is 0 Å². The fourth-order valence-electron chi connectivity index (χ4n) is 2.20. The van der Waals surface area contributed by atoms with Gasteiger partial charge >= 0.3 is 5.97 Å². The van der Waals surface area contributed by atoms with Gasteiger partial charge in [0.1, 0.15) is 0 Å². The van der Waals surface area contributed by atoms with Gasteiger partial charge in [-0.2, -0.15) is 0 Å². The number of nitrogens with zero attached hydrogens (tertiary/aromatic N) is 1. The molecule has 7 nitrogen and oxygen atoms in total. The average molecular weight is 294 g/mol. The Bertz CT molecular complexity index is 546. The predicted octanol–water partition coefficient (Wildman–Crippen LogP) is 0.379. The van der Waals surface area contributed by atoms with Crippen LogP contribution >= 0.6 is 0 Å². The monoisotopic (exact) mass is 294 g/mol. The number of aromatic hydroxyl groups is 1. The fourth-order valence-corrected chi connectivity index (χ4v) is 2.20. The maximum absolute atomic E-state index is 12.4. The summed E-state index contributed by atoms with van der Waals surface area (Å²) in [4.78, 5) is 25.2. The zero-order valence-electron chi connectivity index (χ0n) is 11.7. The Balaban J connectivity index is 2.08. The molecule has 1 atom stereocenters. The lowest BCUT2D eigenvalue weighted by molar-refractivity contribution is -0.145. The summed E-state index contributed by atoms with van der Waals surface area (Å²) in [5, 5.41) is 9.87. The lowest BCUT2D eigenvalue weighted by Crippen LogP contribution is -2.46. The zero-order chi connectivity index (χ0) is 15.4. The van der Waals surface area contributed by atoms with Crippen molar-refractivity contribution in [3.63, 3.8) is 0 Å². The standard InChI is InChI=1S/C14H18N2O5/c1-20-12(17)7-9-8-16(5-6-21-9)14(19)10-3-2-4-11(15)13(10)18/h2-4,9,18H,5-8,15H2,1H3. The highest BCUT2D eigenvalue weighted by Gasteiger charge is 2.28. The van der Waals surface area contributed by atoms with E-state index < -0.39 is 6.10 Å². The molecule has 1 unspecified atom stereocenters. The van der Waals surface area contributed by atoms with E-state index in [1.807, 2.05) is 0 Å². The minimum absolute atomic E-state index is 0.0865. The summed E-state index contributed by atoms with van der Waals surface area (Å²) in [6.45, 7) is 0.989. The minimum atomic E-state index is -0.404. The Morgan fingerprint density at radius 2 is 2.29 bits per heavy atom. The van der Waals surface area contributed by atoms with Crippen LogP contribution in [0.5, 0.6) is 5.75 Å². The molecule has 0 spiro atoms. The van der Waals surface area contributed by atoms with E-state index in [4.69, 9.17) is 10.5 Å². The molecule has 0 radical (unpaired) electrons. The first kappa shape index (κ1) is 15.1. The summed E-state index contributed by atoms with van der Waals surface area (Å²) in [6.07, 6.45) is -0.318. The zero-order valence-corrected chi connectivity index (χ0v) is 11.7. The van der Waals surface area contributed by atoms with Gasteiger partial charge in [-0.1, -0.05) is 6.07 Å². The van der Waals surface area contributed by atoms with Crippen molar-refractivity contribution >= 4 is 17.6 Å². The molecule has 0 aromatic heterocycles. The molecule has 0 bridgehead atoms. The number of carbonyl (C=O) groups is 2. The van der Waals surface area contributed by atoms with Crippen molar-refractivity contribution in [2.75, 3.05) is 32.5 Å². The summed E-state index contributed by atoms with van der Waals surface area (Å²) in [6, 6.07) is 4.64. The normalized spacial score (nSPS) is 18.3. The van der Waals surface area contributed by atoms with Crippen LogP contribution in [0.3, 0.4) is 0 Å². The van der Waals surface area contributed by atoms with E-state index in [0.29, 0.717) is 13.2 Å². The van der Waals surface area contributed by atoms with Gasteiger partial charge in [0.15, 0.2) is 5.75 Å². The number of nitrogens with two attached hydrogens (primary N) is 1. The first-order valence-corrected chi connectivity index (χ1v) is 6.58. The van der Waals surface area contributed by atoms with Crippen LogP contribution < -0.4 is 5.73 Å². The topological polar surface area (TPSA) is 102 Å². The fraction of sp³-hybridized carbons (Fsp3) is 0.429. The Hall–Kier alpha value is -2.28. The van der Waals surface area contributed by atoms with Crippen molar-refractivity contribution in [3.05, 3.63) is 23.8 Å². The molecule has 0 aliphatic carbocycles. The van der Waals surface area contributed by atoms with Gasteiger partial charge in [-0.05, 0) is 12.1 Å². The number of benzene rings is 1. The summed E-state index contributed by atoms with van der Waals surface area (Å²) in [7, 11) is 1.30. The number of phenolic OH excluding ortho intramolecular Hbond substituents is 1. The molecule has 1 heterocycles. The van der Waals surface area contributed by atoms with Crippen LogP contribution in [0.15, 0.2) is 18.2 Å². The van der Waals surface area contributed by atoms with Gasteiger partial charge < -0.3 is 25.2 Å². The van der Waals surface area contributed by atoms with Crippen LogP contribution in [0.2, 0.25) is 0 Å². The van der Waals surface area contributed by atoms with E-state index in [1.54, 1.807) is 6.07 Å². The number of phenols is 1. The molecule has 114 valence electrons. The van der Waals surface area contributed by atoms with E-state index in [0.717, 1.165) is 0 Å². The third-order valence-electron chi connectivity index (χ3n) is 3.35. The number of morpholine rings is 1. The number of methoxy groups -OCH3 is 1. The van der Waals surface area contributed by atoms with Crippen LogP contribution in [-0.2, 0) is 14.3 Å². The second-order valence-corrected chi connectivity index (χ2v) is 4.77. The number of esters is 1. The molecule has 2 rings (SSSR count). The van der Waals surface area contributed by atoms with Crippen LogP contribution in [0.25, 0.3) is 0 Å². The second-order valence-electron chi connectivity index (χ2n) is 4.77. The van der Waals surface area contributed by atoms with Crippen molar-refractivity contribution in [1.82, 2.24) is 4.90 Å². The lowest BCUT2D eigenvalue weighted by Gasteiger charge is -2.32. The predicted molar refractivity (Wildman–Crippen MR) is 74.8 cm³/mol. The van der Waals surface area contributed by atoms with E-state index in [9.17, 15) is 14.7 Å². The molecule has 1 aliphatic rings. The number of ether oxygens (including phenoxy) is 2. The van der Waals surface area contributed by atoms with Crippen molar-refractivity contribution in [1.29, 1.82) is 0 Å². The number of hydrogen-bond donors (Lipinski definition) is 2. The quantitative estimate of drug-likeness (QED) is 0.474. The number of hydrogen-bond acceptors (Lipinski definition) is 6. The first-order valence-electron chi connectivity index (χ1n) is 6.58. The summed E-state index contributed by atoms with van der Waals surface area (Å²) in [5.41, 5.74) is 5.89. The van der Waals surface area contributed by atoms with Crippen LogP contribution in [0, 0.1) is 0 Å². The maximum atomic E-state index is 12.4. The van der Waals surface area contributed by atoms with Crippen LogP contribution in [-0.4, -0.2) is 54.8 Å². The molecule has 1 aliphatic heterocycles. The van der Waals surface area contributed by atoms with E-state index in [1.165, 1.54) is 24.1 Å². The molecule has 1 amide bonds. The molecular weight excluding hydrogens is 276 g/mol. The number of nitrogen functional groups attached to an aromatic ring is 1. The molecule has 1 fully saturated rings. The van der Waals surface area contributed by atoms with Gasteiger partial charge in [0.25, 0.3) is 5.91 Å². The van der Waals surface area contributed by atoms with Crippen molar-refractivity contribution < 1.29 is 24.2 Å². The van der Waals surface area contributed by atoms with Gasteiger partial charge in [0, 0.05) is 13.1 Å². The largest absolute Gasteiger partial charge is 0.505 e. The molecule has 1 saturated heterocycles. The first-order chi connectivity index (χ1) is 10.0. The molecule has 0 saturated carbocycles. The van der Waals surface area contributed by atoms with Gasteiger partial charge in [-0.15, -0.1) is 0 Å². The Kier molecular flexibility index (Phi) is 4.64. The number of para-hydroxylation sites is 1. The summed E-state index contributed by atoms with van der Waals surface area (Å²) in [5.74, 6) is -0.947. The number of carbonyl (C=O) groups excluding carboxylic acids is 2. The maximum Gasteiger partial charge on any atom is 0.308 e. The molecular formula is C14H18N2O5. The van der Waals surface area contributed by atoms with Gasteiger partial charge in [-0.3, -0.25) is 9.59 Å². The highest BCUT2D eigenvalue weighted by Crippen LogP contribution is 2.26. The minimum Gasteiger partial charge on any atom is -0.505 e. The SMILES string of the molecule is COC(=O)CC1CN(C(=O)c2cccc(N)c2O)CCO1. The Labute approximate surface area is 122 Å². The Morgan fingerprint density at radius 3 is 3.00 bits per heavy atom. The van der Waals surface area contributed by atoms with Crippen LogP contribution in [0.4, 0.5) is 5.69 Å². The smallest absolute Gasteiger partial charge is 0.308 e. The van der Waals surface area contributed by atoms with Crippen molar-refractivity contribution in [3.8, 4) is 5.75 Å².